The number of thiazole rings is 1. The van der Waals surface area contributed by atoms with E-state index in [2.05, 4.69) is 4.98 Å². The molecule has 130 valence electrons. The molecule has 2 heterocycles. The number of hydrogen-bond donors (Lipinski definition) is 1. The maximum atomic E-state index is 12.5. The van der Waals surface area contributed by atoms with Crippen LogP contribution in [-0.4, -0.2) is 10.1 Å². The molecule has 5 heteroatoms. The van der Waals surface area contributed by atoms with E-state index in [4.69, 9.17) is 4.42 Å². The summed E-state index contributed by atoms with van der Waals surface area (Å²) in [5.74, 6) is 0.170. The highest BCUT2D eigenvalue weighted by Crippen LogP contribution is 2.32. The molecule has 0 saturated carbocycles. The van der Waals surface area contributed by atoms with E-state index < -0.39 is 5.63 Å². The van der Waals surface area contributed by atoms with Crippen LogP contribution in [0.2, 0.25) is 0 Å². The molecule has 0 unspecified atom stereocenters. The zero-order valence-electron chi connectivity index (χ0n) is 14.0. The van der Waals surface area contributed by atoms with Crippen LogP contribution >= 0.6 is 11.3 Å². The van der Waals surface area contributed by atoms with Gasteiger partial charge < -0.3 is 9.52 Å². The molecule has 1 N–H and O–H groups in total. The standard InChI is InChI=1S/C22H13NO3S/c24-15-8-6-13-7-9-20-17(16(13)10-15)11-18(22(25)26-20)21-23-19(12-27-21)14-4-2-1-3-5-14/h1-12,24H. The molecule has 0 fully saturated rings. The van der Waals surface area contributed by atoms with Crippen molar-refractivity contribution < 1.29 is 9.52 Å². The van der Waals surface area contributed by atoms with E-state index in [0.29, 0.717) is 16.2 Å². The average molecular weight is 371 g/mol. The fraction of sp³-hybridized carbons (Fsp3) is 0. The van der Waals surface area contributed by atoms with Crippen molar-refractivity contribution in [2.45, 2.75) is 0 Å². The van der Waals surface area contributed by atoms with Crippen LogP contribution in [0.4, 0.5) is 0 Å². The monoisotopic (exact) mass is 371 g/mol. The van der Waals surface area contributed by atoms with Gasteiger partial charge in [-0.1, -0.05) is 42.5 Å². The Balaban J connectivity index is 1.73. The van der Waals surface area contributed by atoms with Crippen molar-refractivity contribution in [1.82, 2.24) is 4.98 Å². The lowest BCUT2D eigenvalue weighted by Gasteiger charge is -2.05. The van der Waals surface area contributed by atoms with E-state index in [1.165, 1.54) is 11.3 Å². The van der Waals surface area contributed by atoms with Crippen LogP contribution in [0.25, 0.3) is 43.6 Å². The molecule has 0 aliphatic carbocycles. The van der Waals surface area contributed by atoms with Crippen LogP contribution in [0.15, 0.2) is 81.3 Å². The topological polar surface area (TPSA) is 63.3 Å². The third kappa shape index (κ3) is 2.69. The van der Waals surface area contributed by atoms with Gasteiger partial charge in [0, 0.05) is 16.3 Å². The van der Waals surface area contributed by atoms with Gasteiger partial charge in [-0.05, 0) is 35.0 Å². The quantitative estimate of drug-likeness (QED) is 0.331. The molecule has 4 nitrogen and oxygen atoms in total. The predicted molar refractivity (Wildman–Crippen MR) is 108 cm³/mol. The fourth-order valence-corrected chi connectivity index (χ4v) is 4.03. The Kier molecular flexibility index (Phi) is 3.55. The second-order valence-electron chi connectivity index (χ2n) is 6.23. The highest BCUT2D eigenvalue weighted by atomic mass is 32.1. The molecule has 0 saturated heterocycles. The maximum Gasteiger partial charge on any atom is 0.346 e. The Morgan fingerprint density at radius 2 is 1.74 bits per heavy atom. The van der Waals surface area contributed by atoms with E-state index in [9.17, 15) is 9.90 Å². The fourth-order valence-electron chi connectivity index (χ4n) is 3.19. The third-order valence-electron chi connectivity index (χ3n) is 4.52. The Morgan fingerprint density at radius 3 is 2.59 bits per heavy atom. The molecule has 0 aliphatic heterocycles. The van der Waals surface area contributed by atoms with Gasteiger partial charge in [0.1, 0.15) is 16.3 Å². The summed E-state index contributed by atoms with van der Waals surface area (Å²) in [4.78, 5) is 17.2. The third-order valence-corrected chi connectivity index (χ3v) is 5.40. The van der Waals surface area contributed by atoms with Gasteiger partial charge >= 0.3 is 5.63 Å². The first-order valence-corrected chi connectivity index (χ1v) is 9.28. The molecule has 3 aromatic carbocycles. The van der Waals surface area contributed by atoms with Crippen LogP contribution in [0.5, 0.6) is 5.75 Å². The lowest BCUT2D eigenvalue weighted by atomic mass is 10.0. The molecule has 0 amide bonds. The van der Waals surface area contributed by atoms with E-state index in [0.717, 1.165) is 27.4 Å². The number of benzene rings is 3. The summed E-state index contributed by atoms with van der Waals surface area (Å²) < 4.78 is 5.54. The maximum absolute atomic E-state index is 12.5. The normalized spacial score (nSPS) is 11.3. The lowest BCUT2D eigenvalue weighted by molar-refractivity contribution is 0.476. The molecule has 27 heavy (non-hydrogen) atoms. The number of hydrogen-bond acceptors (Lipinski definition) is 5. The average Bonchev–Trinajstić information content (AvgIpc) is 3.18. The first-order valence-electron chi connectivity index (χ1n) is 8.40. The Labute approximate surface area is 158 Å². The van der Waals surface area contributed by atoms with E-state index in [1.807, 2.05) is 47.8 Å². The second kappa shape index (κ2) is 6.07. The SMILES string of the molecule is O=c1oc2ccc3ccc(O)cc3c2cc1-c1nc(-c2ccccc2)cs1. The van der Waals surface area contributed by atoms with Crippen molar-refractivity contribution >= 4 is 33.1 Å². The van der Waals surface area contributed by atoms with E-state index in [1.54, 1.807) is 24.3 Å². The summed E-state index contributed by atoms with van der Waals surface area (Å²) in [6.45, 7) is 0. The van der Waals surface area contributed by atoms with Crippen LogP contribution in [0.3, 0.4) is 0 Å². The van der Waals surface area contributed by atoms with Gasteiger partial charge in [-0.25, -0.2) is 9.78 Å². The minimum atomic E-state index is -0.420. The van der Waals surface area contributed by atoms with E-state index >= 15 is 0 Å². The van der Waals surface area contributed by atoms with Gasteiger partial charge in [-0.2, -0.15) is 0 Å². The van der Waals surface area contributed by atoms with Crippen LogP contribution in [0, 0.1) is 0 Å². The number of rotatable bonds is 2. The Morgan fingerprint density at radius 1 is 0.926 bits per heavy atom. The molecule has 0 spiro atoms. The molecular weight excluding hydrogens is 358 g/mol. The molecule has 5 rings (SSSR count). The molecule has 5 aromatic rings. The predicted octanol–water partition coefficient (Wildman–Crippen LogP) is 5.44. The first kappa shape index (κ1) is 15.8. The minimum absolute atomic E-state index is 0.170. The van der Waals surface area contributed by atoms with Crippen LogP contribution < -0.4 is 5.63 Å². The summed E-state index contributed by atoms with van der Waals surface area (Å²) in [7, 11) is 0. The van der Waals surface area contributed by atoms with Crippen molar-refractivity contribution in [3.63, 3.8) is 0 Å². The highest BCUT2D eigenvalue weighted by molar-refractivity contribution is 7.13. The molecule has 2 aromatic heterocycles. The van der Waals surface area contributed by atoms with Gasteiger partial charge in [0.15, 0.2) is 0 Å². The van der Waals surface area contributed by atoms with Crippen LogP contribution in [0.1, 0.15) is 0 Å². The van der Waals surface area contributed by atoms with Gasteiger partial charge in [0.2, 0.25) is 0 Å². The molecule has 0 atom stereocenters. The summed E-state index contributed by atoms with van der Waals surface area (Å²) in [5, 5.41) is 15.0. The lowest BCUT2D eigenvalue weighted by Crippen LogP contribution is -2.02. The van der Waals surface area contributed by atoms with Gasteiger partial charge in [-0.3, -0.25) is 0 Å². The number of phenols is 1. The molecular formula is C22H13NO3S. The van der Waals surface area contributed by atoms with Crippen molar-refractivity contribution in [3.8, 4) is 27.6 Å². The first-order chi connectivity index (χ1) is 13.2. The zero-order valence-corrected chi connectivity index (χ0v) is 14.9. The van der Waals surface area contributed by atoms with Crippen molar-refractivity contribution in [3.05, 3.63) is 82.5 Å². The number of aromatic nitrogens is 1. The summed E-state index contributed by atoms with van der Waals surface area (Å²) in [5.41, 5.74) is 2.31. The number of fused-ring (bicyclic) bond motifs is 3. The van der Waals surface area contributed by atoms with Gasteiger partial charge in [0.05, 0.1) is 11.3 Å². The summed E-state index contributed by atoms with van der Waals surface area (Å²) >= 11 is 1.41. The van der Waals surface area contributed by atoms with Crippen molar-refractivity contribution in [2.24, 2.45) is 0 Å². The number of aromatic hydroxyl groups is 1. The Bertz CT molecular complexity index is 1350. The van der Waals surface area contributed by atoms with E-state index in [-0.39, 0.29) is 5.75 Å². The summed E-state index contributed by atoms with van der Waals surface area (Å²) in [6, 6.07) is 20.4. The smallest absolute Gasteiger partial charge is 0.346 e. The van der Waals surface area contributed by atoms with Crippen molar-refractivity contribution in [2.75, 3.05) is 0 Å². The highest BCUT2D eigenvalue weighted by Gasteiger charge is 2.14. The second-order valence-corrected chi connectivity index (χ2v) is 7.09. The molecule has 0 bridgehead atoms. The number of phenolic OH excluding ortho intramolecular Hbond substituents is 1. The van der Waals surface area contributed by atoms with Crippen LogP contribution in [-0.2, 0) is 0 Å². The largest absolute Gasteiger partial charge is 0.508 e. The minimum Gasteiger partial charge on any atom is -0.508 e. The van der Waals surface area contributed by atoms with Crippen molar-refractivity contribution in [1.29, 1.82) is 0 Å². The summed E-state index contributed by atoms with van der Waals surface area (Å²) in [6.07, 6.45) is 0. The Hall–Kier alpha value is -3.44. The molecule has 0 radical (unpaired) electrons. The van der Waals surface area contributed by atoms with Gasteiger partial charge in [0.25, 0.3) is 0 Å². The van der Waals surface area contributed by atoms with Gasteiger partial charge in [-0.15, -0.1) is 11.3 Å². The molecule has 0 aliphatic rings. The zero-order chi connectivity index (χ0) is 18.4. The number of nitrogens with zero attached hydrogens (tertiary/aromatic N) is 1.